The molecule has 112 valence electrons. The van der Waals surface area contributed by atoms with Crippen LogP contribution in [0.25, 0.3) is 0 Å². The number of rotatable bonds is 7. The van der Waals surface area contributed by atoms with Crippen molar-refractivity contribution in [1.82, 2.24) is 0 Å². The Hall–Kier alpha value is -1.07. The van der Waals surface area contributed by atoms with Gasteiger partial charge in [0.25, 0.3) is 0 Å². The molecule has 0 radical (unpaired) electrons. The smallest absolute Gasteiger partial charge is 0.305 e. The SMILES string of the molecule is COC(=O)CCCCCC=C1C(=O)C(SC)=CC1(C)O. The van der Waals surface area contributed by atoms with Crippen LogP contribution in [0.2, 0.25) is 0 Å². The summed E-state index contributed by atoms with van der Waals surface area (Å²) in [4.78, 5) is 23.6. The number of unbranched alkanes of at least 4 members (excludes halogenated alkanes) is 3. The molecule has 0 aliphatic heterocycles. The zero-order valence-corrected chi connectivity index (χ0v) is 13.1. The van der Waals surface area contributed by atoms with Crippen molar-refractivity contribution < 1.29 is 19.4 Å². The maximum Gasteiger partial charge on any atom is 0.305 e. The molecule has 0 bridgehead atoms. The molecule has 0 saturated carbocycles. The van der Waals surface area contributed by atoms with Gasteiger partial charge >= 0.3 is 5.97 Å². The van der Waals surface area contributed by atoms with Gasteiger partial charge in [-0.2, -0.15) is 0 Å². The van der Waals surface area contributed by atoms with Gasteiger partial charge in [-0.15, -0.1) is 11.8 Å². The predicted octanol–water partition coefficient (Wildman–Crippen LogP) is 2.62. The Bertz CT molecular complexity index is 435. The number of hydrogen-bond donors (Lipinski definition) is 1. The lowest BCUT2D eigenvalue weighted by Gasteiger charge is -2.15. The second-order valence-corrected chi connectivity index (χ2v) is 5.83. The maximum atomic E-state index is 12.0. The minimum Gasteiger partial charge on any atom is -0.469 e. The number of methoxy groups -OCH3 is 1. The van der Waals surface area contributed by atoms with Crippen molar-refractivity contribution in [2.45, 2.75) is 44.6 Å². The largest absolute Gasteiger partial charge is 0.469 e. The molecule has 4 nitrogen and oxygen atoms in total. The minimum absolute atomic E-state index is 0.0722. The average Bonchev–Trinajstić information content (AvgIpc) is 2.64. The van der Waals surface area contributed by atoms with E-state index < -0.39 is 5.60 Å². The van der Waals surface area contributed by atoms with Gasteiger partial charge in [-0.3, -0.25) is 9.59 Å². The number of allylic oxidation sites excluding steroid dienone is 2. The van der Waals surface area contributed by atoms with E-state index in [9.17, 15) is 14.7 Å². The van der Waals surface area contributed by atoms with Crippen molar-refractivity contribution in [3.8, 4) is 0 Å². The fourth-order valence-corrected chi connectivity index (χ4v) is 2.79. The van der Waals surface area contributed by atoms with Crippen LogP contribution in [0.4, 0.5) is 0 Å². The first-order valence-electron chi connectivity index (χ1n) is 6.73. The summed E-state index contributed by atoms with van der Waals surface area (Å²) < 4.78 is 4.57. The van der Waals surface area contributed by atoms with Crippen LogP contribution < -0.4 is 0 Å². The normalized spacial score (nSPS) is 24.1. The molecule has 0 aromatic rings. The second-order valence-electron chi connectivity index (χ2n) is 4.98. The van der Waals surface area contributed by atoms with Crippen molar-refractivity contribution in [3.63, 3.8) is 0 Å². The van der Waals surface area contributed by atoms with E-state index in [1.54, 1.807) is 13.0 Å². The number of aliphatic hydroxyl groups is 1. The fraction of sp³-hybridized carbons (Fsp3) is 0.600. The van der Waals surface area contributed by atoms with Gasteiger partial charge in [0.05, 0.1) is 12.0 Å². The molecule has 1 unspecified atom stereocenters. The first-order chi connectivity index (χ1) is 9.42. The van der Waals surface area contributed by atoms with Crippen LogP contribution in [0.15, 0.2) is 22.6 Å². The van der Waals surface area contributed by atoms with Crippen LogP contribution in [0.1, 0.15) is 39.0 Å². The van der Waals surface area contributed by atoms with Gasteiger partial charge in [0.15, 0.2) is 5.78 Å². The molecular weight excluding hydrogens is 276 g/mol. The molecule has 0 heterocycles. The van der Waals surface area contributed by atoms with E-state index in [0.717, 1.165) is 25.7 Å². The molecule has 0 fully saturated rings. The molecule has 20 heavy (non-hydrogen) atoms. The van der Waals surface area contributed by atoms with E-state index in [-0.39, 0.29) is 11.8 Å². The monoisotopic (exact) mass is 298 g/mol. The first kappa shape index (κ1) is 17.0. The van der Waals surface area contributed by atoms with Gasteiger partial charge in [0.1, 0.15) is 5.60 Å². The summed E-state index contributed by atoms with van der Waals surface area (Å²) >= 11 is 1.36. The second kappa shape index (κ2) is 7.64. The average molecular weight is 298 g/mol. The van der Waals surface area contributed by atoms with E-state index in [4.69, 9.17) is 0 Å². The minimum atomic E-state index is -1.15. The van der Waals surface area contributed by atoms with Gasteiger partial charge < -0.3 is 9.84 Å². The van der Waals surface area contributed by atoms with Gasteiger partial charge in [0, 0.05) is 12.0 Å². The predicted molar refractivity (Wildman–Crippen MR) is 80.4 cm³/mol. The summed E-state index contributed by atoms with van der Waals surface area (Å²) in [6.07, 6.45) is 9.00. The lowest BCUT2D eigenvalue weighted by molar-refractivity contribution is -0.140. The third-order valence-electron chi connectivity index (χ3n) is 3.31. The molecule has 1 atom stereocenters. The zero-order chi connectivity index (χ0) is 15.2. The van der Waals surface area contributed by atoms with E-state index in [1.807, 2.05) is 12.3 Å². The fourth-order valence-electron chi connectivity index (χ4n) is 2.15. The van der Waals surface area contributed by atoms with Crippen molar-refractivity contribution in [2.75, 3.05) is 13.4 Å². The van der Waals surface area contributed by atoms with Crippen LogP contribution in [0, 0.1) is 0 Å². The van der Waals surface area contributed by atoms with Gasteiger partial charge in [-0.25, -0.2) is 0 Å². The topological polar surface area (TPSA) is 63.6 Å². The highest BCUT2D eigenvalue weighted by Gasteiger charge is 2.37. The molecule has 1 aliphatic rings. The molecule has 0 aromatic carbocycles. The summed E-state index contributed by atoms with van der Waals surface area (Å²) in [6.45, 7) is 1.64. The zero-order valence-electron chi connectivity index (χ0n) is 12.3. The van der Waals surface area contributed by atoms with Gasteiger partial charge in [-0.05, 0) is 38.5 Å². The highest BCUT2D eigenvalue weighted by Crippen LogP contribution is 2.35. The lowest BCUT2D eigenvalue weighted by Crippen LogP contribution is -2.23. The first-order valence-corrected chi connectivity index (χ1v) is 7.96. The lowest BCUT2D eigenvalue weighted by atomic mass is 9.97. The highest BCUT2D eigenvalue weighted by atomic mass is 32.2. The van der Waals surface area contributed by atoms with E-state index in [0.29, 0.717) is 16.9 Å². The van der Waals surface area contributed by atoms with Gasteiger partial charge in [0.2, 0.25) is 0 Å². The molecule has 0 aromatic heterocycles. The number of thioether (sulfide) groups is 1. The quantitative estimate of drug-likeness (QED) is 0.445. The van der Waals surface area contributed by atoms with Crippen molar-refractivity contribution in [2.24, 2.45) is 0 Å². The Balaban J connectivity index is 2.40. The summed E-state index contributed by atoms with van der Waals surface area (Å²) in [5.74, 6) is -0.261. The van der Waals surface area contributed by atoms with Crippen molar-refractivity contribution in [1.29, 1.82) is 0 Å². The molecule has 0 saturated heterocycles. The van der Waals surface area contributed by atoms with Crippen molar-refractivity contribution >= 4 is 23.5 Å². The van der Waals surface area contributed by atoms with Crippen LogP contribution in [0.3, 0.4) is 0 Å². The molecule has 1 N–H and O–H groups in total. The molecule has 1 aliphatic carbocycles. The summed E-state index contributed by atoms with van der Waals surface area (Å²) in [6, 6.07) is 0. The number of esters is 1. The van der Waals surface area contributed by atoms with E-state index >= 15 is 0 Å². The maximum absolute atomic E-state index is 12.0. The molecule has 5 heteroatoms. The van der Waals surface area contributed by atoms with E-state index in [2.05, 4.69) is 4.74 Å². The Morgan fingerprint density at radius 1 is 1.45 bits per heavy atom. The van der Waals surface area contributed by atoms with Gasteiger partial charge in [-0.1, -0.05) is 12.5 Å². The summed E-state index contributed by atoms with van der Waals surface area (Å²) in [5.41, 5.74) is -0.684. The number of hydrogen-bond acceptors (Lipinski definition) is 5. The Morgan fingerprint density at radius 3 is 2.70 bits per heavy atom. The number of ketones is 1. The highest BCUT2D eigenvalue weighted by molar-refractivity contribution is 8.03. The number of carbonyl (C=O) groups excluding carboxylic acids is 2. The Morgan fingerprint density at radius 2 is 2.15 bits per heavy atom. The standard InChI is InChI=1S/C15H22O4S/c1-15(18)10-12(20-3)14(17)11(15)8-6-4-5-7-9-13(16)19-2/h8,10,18H,4-7,9H2,1-3H3. The van der Waals surface area contributed by atoms with Crippen LogP contribution >= 0.6 is 11.8 Å². The number of carbonyl (C=O) groups is 2. The van der Waals surface area contributed by atoms with Crippen LogP contribution in [0.5, 0.6) is 0 Å². The van der Waals surface area contributed by atoms with Crippen LogP contribution in [-0.2, 0) is 14.3 Å². The third-order valence-corrected chi connectivity index (χ3v) is 4.05. The Kier molecular flexibility index (Phi) is 6.49. The van der Waals surface area contributed by atoms with Crippen LogP contribution in [-0.4, -0.2) is 35.8 Å². The molecule has 0 spiro atoms. The Labute approximate surface area is 124 Å². The molecular formula is C15H22O4S. The number of Topliss-reactive ketones (excluding diaryl/α,β-unsaturated/α-hetero) is 1. The van der Waals surface area contributed by atoms with E-state index in [1.165, 1.54) is 18.9 Å². The molecule has 1 rings (SSSR count). The molecule has 0 amide bonds. The number of ether oxygens (including phenoxy) is 1. The summed E-state index contributed by atoms with van der Waals surface area (Å²) in [7, 11) is 1.39. The summed E-state index contributed by atoms with van der Waals surface area (Å²) in [5, 5.41) is 10.2. The third kappa shape index (κ3) is 4.49. The van der Waals surface area contributed by atoms with Crippen molar-refractivity contribution in [3.05, 3.63) is 22.6 Å².